The highest BCUT2D eigenvalue weighted by molar-refractivity contribution is 5.81. The number of ether oxygens (including phenoxy) is 2. The van der Waals surface area contributed by atoms with Crippen LogP contribution in [0, 0.1) is 23.7 Å². The van der Waals surface area contributed by atoms with Crippen molar-refractivity contribution in [2.45, 2.75) is 38.4 Å². The summed E-state index contributed by atoms with van der Waals surface area (Å²) in [4.78, 5) is 11.0. The van der Waals surface area contributed by atoms with Gasteiger partial charge in [-0.15, -0.1) is 0 Å². The summed E-state index contributed by atoms with van der Waals surface area (Å²) in [7, 11) is 0. The first-order valence-corrected chi connectivity index (χ1v) is 7.30. The lowest BCUT2D eigenvalue weighted by Crippen LogP contribution is -2.34. The van der Waals surface area contributed by atoms with Gasteiger partial charge in [0.2, 0.25) is 0 Å². The van der Waals surface area contributed by atoms with Crippen molar-refractivity contribution in [3.63, 3.8) is 0 Å². The zero-order valence-electron chi connectivity index (χ0n) is 11.5. The molecular weight excluding hydrogens is 240 g/mol. The summed E-state index contributed by atoms with van der Waals surface area (Å²) in [6.07, 6.45) is 10.0. The average molecular weight is 262 g/mol. The molecule has 0 saturated heterocycles. The molecule has 0 aliphatic heterocycles. The van der Waals surface area contributed by atoms with E-state index in [-0.39, 0.29) is 12.1 Å². The second-order valence-corrected chi connectivity index (χ2v) is 6.12. The molecule has 3 aliphatic rings. The lowest BCUT2D eigenvalue weighted by molar-refractivity contribution is -0.144. The van der Waals surface area contributed by atoms with E-state index in [4.69, 9.17) is 9.47 Å². The van der Waals surface area contributed by atoms with Crippen LogP contribution in [0.15, 0.2) is 24.8 Å². The van der Waals surface area contributed by atoms with Gasteiger partial charge in [-0.3, -0.25) is 0 Å². The largest absolute Gasteiger partial charge is 0.460 e. The van der Waals surface area contributed by atoms with Crippen LogP contribution in [0.1, 0.15) is 26.2 Å². The molecule has 0 aromatic carbocycles. The van der Waals surface area contributed by atoms with Crippen molar-refractivity contribution < 1.29 is 14.3 Å². The quantitative estimate of drug-likeness (QED) is 0.434. The molecule has 3 heteroatoms. The van der Waals surface area contributed by atoms with Crippen LogP contribution in [0.3, 0.4) is 0 Å². The van der Waals surface area contributed by atoms with Crippen LogP contribution in [-0.2, 0) is 14.3 Å². The number of carbonyl (C=O) groups is 1. The number of hydrogen-bond acceptors (Lipinski definition) is 3. The van der Waals surface area contributed by atoms with E-state index in [1.165, 1.54) is 25.3 Å². The lowest BCUT2D eigenvalue weighted by Gasteiger charge is -2.32. The Bertz CT molecular complexity index is 401. The Balaban J connectivity index is 1.50. The molecule has 0 spiro atoms. The molecule has 2 fully saturated rings. The van der Waals surface area contributed by atoms with E-state index in [0.717, 1.165) is 17.8 Å². The summed E-state index contributed by atoms with van der Waals surface area (Å²) < 4.78 is 11.1. The van der Waals surface area contributed by atoms with Crippen LogP contribution in [0.5, 0.6) is 0 Å². The Labute approximate surface area is 114 Å². The van der Waals surface area contributed by atoms with E-state index < -0.39 is 0 Å². The molecule has 0 amide bonds. The Kier molecular flexibility index (Phi) is 3.48. The molecular formula is C16H22O3. The van der Waals surface area contributed by atoms with Gasteiger partial charge in [0.25, 0.3) is 0 Å². The predicted octanol–water partition coefficient (Wildman–Crippen LogP) is 2.72. The number of allylic oxidation sites excluding steroid dienone is 2. The Morgan fingerprint density at radius 3 is 3.11 bits per heavy atom. The second kappa shape index (κ2) is 5.12. The normalized spacial score (nSPS) is 40.2. The first kappa shape index (κ1) is 12.9. The number of hydrogen-bond donors (Lipinski definition) is 0. The maximum absolute atomic E-state index is 11.0. The third kappa shape index (κ3) is 2.36. The van der Waals surface area contributed by atoms with Crippen molar-refractivity contribution >= 4 is 5.97 Å². The van der Waals surface area contributed by atoms with Gasteiger partial charge in [-0.05, 0) is 49.9 Å². The molecule has 0 aromatic rings. The molecule has 0 radical (unpaired) electrons. The summed E-state index contributed by atoms with van der Waals surface area (Å²) in [5, 5.41) is 0. The van der Waals surface area contributed by atoms with E-state index >= 15 is 0 Å². The van der Waals surface area contributed by atoms with Crippen LogP contribution < -0.4 is 0 Å². The monoisotopic (exact) mass is 262 g/mol. The van der Waals surface area contributed by atoms with Crippen LogP contribution in [-0.4, -0.2) is 24.8 Å². The van der Waals surface area contributed by atoms with Crippen molar-refractivity contribution in [2.24, 2.45) is 23.7 Å². The van der Waals surface area contributed by atoms with E-state index in [9.17, 15) is 4.79 Å². The summed E-state index contributed by atoms with van der Waals surface area (Å²) in [6, 6.07) is 0. The summed E-state index contributed by atoms with van der Waals surface area (Å²) in [6.45, 7) is 5.68. The highest BCUT2D eigenvalue weighted by Gasteiger charge is 2.53. The SMILES string of the molecule is C=CC(=O)OCC(C)OC1CC2CC1C1C=CCC21. The molecule has 3 nitrogen and oxygen atoms in total. The average Bonchev–Trinajstić information content (AvgIpc) is 3.07. The summed E-state index contributed by atoms with van der Waals surface area (Å²) in [5.41, 5.74) is 0. The van der Waals surface area contributed by atoms with Gasteiger partial charge in [-0.2, -0.15) is 0 Å². The molecule has 2 bridgehead atoms. The van der Waals surface area contributed by atoms with Gasteiger partial charge in [0, 0.05) is 6.08 Å². The number of carbonyl (C=O) groups excluding carboxylic acids is 1. The second-order valence-electron chi connectivity index (χ2n) is 6.12. The van der Waals surface area contributed by atoms with Gasteiger partial charge >= 0.3 is 5.97 Å². The van der Waals surface area contributed by atoms with Gasteiger partial charge in [0.15, 0.2) is 0 Å². The van der Waals surface area contributed by atoms with Gasteiger partial charge in [-0.1, -0.05) is 18.7 Å². The van der Waals surface area contributed by atoms with Crippen LogP contribution in [0.2, 0.25) is 0 Å². The number of rotatable bonds is 5. The smallest absolute Gasteiger partial charge is 0.330 e. The Morgan fingerprint density at radius 1 is 1.47 bits per heavy atom. The van der Waals surface area contributed by atoms with Crippen molar-refractivity contribution in [1.29, 1.82) is 0 Å². The zero-order chi connectivity index (χ0) is 13.4. The van der Waals surface area contributed by atoms with Gasteiger partial charge in [0.05, 0.1) is 12.2 Å². The number of fused-ring (bicyclic) bond motifs is 5. The minimum Gasteiger partial charge on any atom is -0.460 e. The maximum atomic E-state index is 11.0. The molecule has 2 saturated carbocycles. The molecule has 104 valence electrons. The minimum absolute atomic E-state index is 0.0305. The molecule has 19 heavy (non-hydrogen) atoms. The van der Waals surface area contributed by atoms with E-state index in [2.05, 4.69) is 18.7 Å². The first-order valence-electron chi connectivity index (χ1n) is 7.30. The fourth-order valence-corrected chi connectivity index (χ4v) is 4.24. The summed E-state index contributed by atoms with van der Waals surface area (Å²) >= 11 is 0. The molecule has 6 unspecified atom stereocenters. The molecule has 3 aliphatic carbocycles. The van der Waals surface area contributed by atoms with Crippen LogP contribution >= 0.6 is 0 Å². The Morgan fingerprint density at radius 2 is 2.32 bits per heavy atom. The van der Waals surface area contributed by atoms with Crippen molar-refractivity contribution in [3.8, 4) is 0 Å². The highest BCUT2D eigenvalue weighted by Crippen LogP contribution is 2.57. The lowest BCUT2D eigenvalue weighted by atomic mass is 9.80. The van der Waals surface area contributed by atoms with Crippen molar-refractivity contribution in [3.05, 3.63) is 24.8 Å². The van der Waals surface area contributed by atoms with Gasteiger partial charge in [-0.25, -0.2) is 4.79 Å². The predicted molar refractivity (Wildman–Crippen MR) is 72.4 cm³/mol. The molecule has 0 aromatic heterocycles. The maximum Gasteiger partial charge on any atom is 0.330 e. The fraction of sp³-hybridized carbons (Fsp3) is 0.688. The molecule has 3 rings (SSSR count). The number of esters is 1. The van der Waals surface area contributed by atoms with E-state index in [1.807, 2.05) is 6.92 Å². The minimum atomic E-state index is -0.373. The van der Waals surface area contributed by atoms with E-state index in [0.29, 0.717) is 18.6 Å². The molecule has 6 atom stereocenters. The summed E-state index contributed by atoms with van der Waals surface area (Å²) in [5.74, 6) is 2.79. The first-order chi connectivity index (χ1) is 9.19. The fourth-order valence-electron chi connectivity index (χ4n) is 4.24. The van der Waals surface area contributed by atoms with Crippen LogP contribution in [0.4, 0.5) is 0 Å². The third-order valence-electron chi connectivity index (χ3n) is 4.98. The third-order valence-corrected chi connectivity index (χ3v) is 4.98. The molecule has 0 heterocycles. The van der Waals surface area contributed by atoms with Crippen LogP contribution in [0.25, 0.3) is 0 Å². The standard InChI is InChI=1S/C16H22O3/c1-3-16(17)18-9-10(2)19-15-8-11-7-14(15)13-6-4-5-12(11)13/h3-4,6,10-15H,1,5,7-9H2,2H3. The van der Waals surface area contributed by atoms with Gasteiger partial charge < -0.3 is 9.47 Å². The zero-order valence-corrected chi connectivity index (χ0v) is 11.5. The van der Waals surface area contributed by atoms with Crippen molar-refractivity contribution in [2.75, 3.05) is 6.61 Å². The highest BCUT2D eigenvalue weighted by atomic mass is 16.6. The Hall–Kier alpha value is -1.09. The van der Waals surface area contributed by atoms with E-state index in [1.54, 1.807) is 0 Å². The molecule has 0 N–H and O–H groups in total. The topological polar surface area (TPSA) is 35.5 Å². The van der Waals surface area contributed by atoms with Crippen molar-refractivity contribution in [1.82, 2.24) is 0 Å². The van der Waals surface area contributed by atoms with Gasteiger partial charge in [0.1, 0.15) is 6.61 Å².